The molecule has 0 heterocycles. The van der Waals surface area contributed by atoms with Gasteiger partial charge >= 0.3 is 0 Å². The Hall–Kier alpha value is -0.340. The van der Waals surface area contributed by atoms with Crippen LogP contribution in [0.1, 0.15) is 52.9 Å². The van der Waals surface area contributed by atoms with Crippen LogP contribution in [0.2, 0.25) is 0 Å². The molecule has 2 rings (SSSR count). The maximum Gasteiger partial charge on any atom is 0.0515 e. The van der Waals surface area contributed by atoms with E-state index >= 15 is 0 Å². The molecule has 1 atom stereocenters. The summed E-state index contributed by atoms with van der Waals surface area (Å²) in [5.41, 5.74) is 3.13. The molecule has 2 aliphatic carbocycles. The van der Waals surface area contributed by atoms with E-state index in [9.17, 15) is 10.2 Å². The second-order valence-corrected chi connectivity index (χ2v) is 6.78. The molecule has 0 aromatic rings. The maximum atomic E-state index is 9.69. The summed E-state index contributed by atoms with van der Waals surface area (Å²) < 4.78 is 0. The van der Waals surface area contributed by atoms with E-state index in [1.807, 2.05) is 0 Å². The van der Waals surface area contributed by atoms with Gasteiger partial charge in [0, 0.05) is 5.41 Å². The summed E-state index contributed by atoms with van der Waals surface area (Å²) in [7, 11) is 0. The van der Waals surface area contributed by atoms with Crippen molar-refractivity contribution in [1.82, 2.24) is 0 Å². The molecule has 0 saturated carbocycles. The predicted octanol–water partition coefficient (Wildman–Crippen LogP) is 2.89. The highest BCUT2D eigenvalue weighted by Crippen LogP contribution is 2.53. The summed E-state index contributed by atoms with van der Waals surface area (Å²) >= 11 is 0. The maximum absolute atomic E-state index is 9.69. The van der Waals surface area contributed by atoms with E-state index in [0.29, 0.717) is 5.92 Å². The fraction of sp³-hybridized carbons (Fsp3) is 0.867. The Morgan fingerprint density at radius 2 is 1.88 bits per heavy atom. The molecule has 0 bridgehead atoms. The second kappa shape index (κ2) is 4.40. The molecule has 0 radical (unpaired) electrons. The fourth-order valence-electron chi connectivity index (χ4n) is 3.70. The third-order valence-electron chi connectivity index (χ3n) is 5.28. The van der Waals surface area contributed by atoms with Gasteiger partial charge in [-0.05, 0) is 43.4 Å². The third-order valence-corrected chi connectivity index (χ3v) is 5.28. The molecule has 2 nitrogen and oxygen atoms in total. The minimum atomic E-state index is -0.284. The summed E-state index contributed by atoms with van der Waals surface area (Å²) in [5, 5.41) is 19.4. The van der Waals surface area contributed by atoms with Crippen molar-refractivity contribution in [2.45, 2.75) is 52.9 Å². The van der Waals surface area contributed by atoms with E-state index in [0.717, 1.165) is 12.8 Å². The van der Waals surface area contributed by atoms with Crippen LogP contribution in [0.3, 0.4) is 0 Å². The molecule has 0 aromatic carbocycles. The van der Waals surface area contributed by atoms with Gasteiger partial charge in [-0.15, -0.1) is 0 Å². The van der Waals surface area contributed by atoms with Crippen molar-refractivity contribution in [2.75, 3.05) is 13.2 Å². The fourth-order valence-corrected chi connectivity index (χ4v) is 3.70. The third kappa shape index (κ3) is 2.06. The molecule has 17 heavy (non-hydrogen) atoms. The van der Waals surface area contributed by atoms with Crippen LogP contribution in [0.25, 0.3) is 0 Å². The quantitative estimate of drug-likeness (QED) is 0.726. The van der Waals surface area contributed by atoms with Crippen LogP contribution in [0, 0.1) is 16.7 Å². The molecule has 0 saturated heterocycles. The van der Waals surface area contributed by atoms with Crippen molar-refractivity contribution in [3.8, 4) is 0 Å². The SMILES string of the molecule is C[C@H]1CC2=C(CC1(CO)CO)C(C)(C)CCC2. The molecule has 0 aliphatic heterocycles. The molecule has 98 valence electrons. The minimum absolute atomic E-state index is 0.109. The molecule has 0 unspecified atom stereocenters. The normalized spacial score (nSPS) is 31.2. The number of rotatable bonds is 2. The van der Waals surface area contributed by atoms with Crippen molar-refractivity contribution in [2.24, 2.45) is 16.7 Å². The zero-order chi connectivity index (χ0) is 12.7. The van der Waals surface area contributed by atoms with Gasteiger partial charge in [0.1, 0.15) is 0 Å². The van der Waals surface area contributed by atoms with Crippen LogP contribution in [0.4, 0.5) is 0 Å². The van der Waals surface area contributed by atoms with Crippen molar-refractivity contribution >= 4 is 0 Å². The average molecular weight is 238 g/mol. The van der Waals surface area contributed by atoms with Crippen LogP contribution in [-0.4, -0.2) is 23.4 Å². The van der Waals surface area contributed by atoms with Crippen molar-refractivity contribution < 1.29 is 10.2 Å². The van der Waals surface area contributed by atoms with E-state index in [1.54, 1.807) is 5.57 Å². The predicted molar refractivity (Wildman–Crippen MR) is 69.7 cm³/mol. The molecule has 2 N–H and O–H groups in total. The highest BCUT2D eigenvalue weighted by Gasteiger charge is 2.44. The largest absolute Gasteiger partial charge is 0.396 e. The molecule has 0 spiro atoms. The smallest absolute Gasteiger partial charge is 0.0515 e. The van der Waals surface area contributed by atoms with Gasteiger partial charge in [0.2, 0.25) is 0 Å². The van der Waals surface area contributed by atoms with Crippen molar-refractivity contribution in [3.05, 3.63) is 11.1 Å². The summed E-state index contributed by atoms with van der Waals surface area (Å²) in [6.45, 7) is 7.03. The van der Waals surface area contributed by atoms with E-state index in [2.05, 4.69) is 20.8 Å². The first-order chi connectivity index (χ1) is 7.95. The van der Waals surface area contributed by atoms with Crippen molar-refractivity contribution in [1.29, 1.82) is 0 Å². The van der Waals surface area contributed by atoms with Gasteiger partial charge in [0.05, 0.1) is 13.2 Å². The van der Waals surface area contributed by atoms with Crippen LogP contribution in [0.5, 0.6) is 0 Å². The topological polar surface area (TPSA) is 40.5 Å². The van der Waals surface area contributed by atoms with Gasteiger partial charge in [0.25, 0.3) is 0 Å². The first kappa shape index (κ1) is 13.1. The summed E-state index contributed by atoms with van der Waals surface area (Å²) in [6, 6.07) is 0. The number of allylic oxidation sites excluding steroid dienone is 2. The number of hydrogen-bond acceptors (Lipinski definition) is 2. The Kier molecular flexibility index (Phi) is 3.39. The monoisotopic (exact) mass is 238 g/mol. The van der Waals surface area contributed by atoms with Gasteiger partial charge in [-0.1, -0.05) is 31.9 Å². The number of hydrogen-bond donors (Lipinski definition) is 2. The second-order valence-electron chi connectivity index (χ2n) is 6.78. The molecule has 2 heteroatoms. The summed E-state index contributed by atoms with van der Waals surface area (Å²) in [6.07, 6.45) is 5.73. The van der Waals surface area contributed by atoms with E-state index in [-0.39, 0.29) is 24.0 Å². The highest BCUT2D eigenvalue weighted by atomic mass is 16.3. The number of aliphatic hydroxyl groups excluding tert-OH is 2. The average Bonchev–Trinajstić information content (AvgIpc) is 2.28. The van der Waals surface area contributed by atoms with Crippen LogP contribution in [0.15, 0.2) is 11.1 Å². The standard InChI is InChI=1S/C15H26O2/c1-11-7-12-5-4-6-14(2,3)13(12)8-15(11,9-16)10-17/h11,16-17H,4-10H2,1-3H3/t11-/m0/s1. The Labute approximate surface area is 105 Å². The van der Waals surface area contributed by atoms with Crippen molar-refractivity contribution in [3.63, 3.8) is 0 Å². The Bertz CT molecular complexity index is 324. The minimum Gasteiger partial charge on any atom is -0.396 e. The van der Waals surface area contributed by atoms with Crippen LogP contribution >= 0.6 is 0 Å². The number of aliphatic hydroxyl groups is 2. The summed E-state index contributed by atoms with van der Waals surface area (Å²) in [5.74, 6) is 0.394. The zero-order valence-electron chi connectivity index (χ0n) is 11.4. The first-order valence-electron chi connectivity index (χ1n) is 6.88. The van der Waals surface area contributed by atoms with Gasteiger partial charge < -0.3 is 10.2 Å². The lowest BCUT2D eigenvalue weighted by molar-refractivity contribution is -0.00260. The van der Waals surface area contributed by atoms with Gasteiger partial charge in [-0.2, -0.15) is 0 Å². The zero-order valence-corrected chi connectivity index (χ0v) is 11.4. The Morgan fingerprint density at radius 1 is 1.24 bits per heavy atom. The van der Waals surface area contributed by atoms with Gasteiger partial charge in [0.15, 0.2) is 0 Å². The molecule has 0 amide bonds. The van der Waals surface area contributed by atoms with E-state index < -0.39 is 0 Å². The Morgan fingerprint density at radius 3 is 2.47 bits per heavy atom. The van der Waals surface area contributed by atoms with Crippen LogP contribution in [-0.2, 0) is 0 Å². The molecule has 0 fully saturated rings. The molecule has 0 aromatic heterocycles. The van der Waals surface area contributed by atoms with E-state index in [4.69, 9.17) is 0 Å². The lowest BCUT2D eigenvalue weighted by Crippen LogP contribution is -2.43. The van der Waals surface area contributed by atoms with Crippen LogP contribution < -0.4 is 0 Å². The lowest BCUT2D eigenvalue weighted by atomic mass is 9.58. The first-order valence-corrected chi connectivity index (χ1v) is 6.88. The summed E-state index contributed by atoms with van der Waals surface area (Å²) in [4.78, 5) is 0. The molecular weight excluding hydrogens is 212 g/mol. The van der Waals surface area contributed by atoms with Gasteiger partial charge in [-0.3, -0.25) is 0 Å². The lowest BCUT2D eigenvalue weighted by Gasteiger charge is -2.48. The molecule has 2 aliphatic rings. The molecular formula is C15H26O2. The highest BCUT2D eigenvalue weighted by molar-refractivity contribution is 5.29. The van der Waals surface area contributed by atoms with Gasteiger partial charge in [-0.25, -0.2) is 0 Å². The van der Waals surface area contributed by atoms with E-state index in [1.165, 1.54) is 24.8 Å². The Balaban J connectivity index is 2.36.